The number of morpholine rings is 1. The van der Waals surface area contributed by atoms with Gasteiger partial charge in [0.05, 0.1) is 24.6 Å². The number of anilines is 3. The van der Waals surface area contributed by atoms with Crippen LogP contribution >= 0.6 is 0 Å². The van der Waals surface area contributed by atoms with Gasteiger partial charge in [0.1, 0.15) is 5.52 Å². The summed E-state index contributed by atoms with van der Waals surface area (Å²) >= 11 is 0. The summed E-state index contributed by atoms with van der Waals surface area (Å²) in [5.41, 5.74) is 4.45. The predicted molar refractivity (Wildman–Crippen MR) is 115 cm³/mol. The molecule has 0 amide bonds. The van der Waals surface area contributed by atoms with E-state index in [2.05, 4.69) is 46.9 Å². The second-order valence-electron chi connectivity index (χ2n) is 7.73. The first-order valence-electron chi connectivity index (χ1n) is 10.3. The standard InChI is InChI=1S/C21H22N8O/c1-2-12(1)26-20-18-19(25-11-24-18)28-21(29-20)27-13-3-4-16-15(9-13)14(5-6-23-16)17-10-22-7-8-30-17/h3-6,9,11-12,17,22H,1-2,7-8,10H2,(H3,24,25,26,27,28,29). The molecule has 0 radical (unpaired) electrons. The lowest BCUT2D eigenvalue weighted by molar-refractivity contribution is 0.0286. The molecule has 0 spiro atoms. The highest BCUT2D eigenvalue weighted by molar-refractivity contribution is 5.87. The molecule has 30 heavy (non-hydrogen) atoms. The van der Waals surface area contributed by atoms with E-state index in [1.54, 1.807) is 6.33 Å². The Morgan fingerprint density at radius 2 is 2.07 bits per heavy atom. The van der Waals surface area contributed by atoms with Crippen molar-refractivity contribution in [2.75, 3.05) is 30.3 Å². The van der Waals surface area contributed by atoms with Crippen LogP contribution in [0.3, 0.4) is 0 Å². The molecule has 4 heterocycles. The first-order valence-corrected chi connectivity index (χ1v) is 10.3. The van der Waals surface area contributed by atoms with Gasteiger partial charge in [0.2, 0.25) is 5.95 Å². The molecule has 1 aromatic carbocycles. The van der Waals surface area contributed by atoms with E-state index in [9.17, 15) is 0 Å². The summed E-state index contributed by atoms with van der Waals surface area (Å²) in [5.74, 6) is 1.28. The zero-order valence-electron chi connectivity index (χ0n) is 16.4. The van der Waals surface area contributed by atoms with E-state index in [1.807, 2.05) is 24.4 Å². The second-order valence-corrected chi connectivity index (χ2v) is 7.73. The Hall–Kier alpha value is -3.30. The smallest absolute Gasteiger partial charge is 0.231 e. The number of pyridine rings is 1. The quantitative estimate of drug-likeness (QED) is 0.403. The zero-order valence-corrected chi connectivity index (χ0v) is 16.4. The maximum absolute atomic E-state index is 5.97. The van der Waals surface area contributed by atoms with Crippen molar-refractivity contribution in [3.63, 3.8) is 0 Å². The van der Waals surface area contributed by atoms with Crippen molar-refractivity contribution in [3.05, 3.63) is 42.4 Å². The van der Waals surface area contributed by atoms with Crippen molar-refractivity contribution in [2.24, 2.45) is 0 Å². The molecule has 4 aromatic rings. The molecule has 1 aliphatic carbocycles. The van der Waals surface area contributed by atoms with Gasteiger partial charge in [-0.25, -0.2) is 4.98 Å². The third kappa shape index (κ3) is 3.31. The Morgan fingerprint density at radius 3 is 2.93 bits per heavy atom. The third-order valence-electron chi connectivity index (χ3n) is 5.50. The lowest BCUT2D eigenvalue weighted by Gasteiger charge is -2.25. The molecule has 0 bridgehead atoms. The number of hydrogen-bond donors (Lipinski definition) is 4. The minimum atomic E-state index is 0.0198. The first kappa shape index (κ1) is 17.5. The van der Waals surface area contributed by atoms with Crippen molar-refractivity contribution < 1.29 is 4.74 Å². The number of rotatable bonds is 5. The molecule has 1 aliphatic heterocycles. The monoisotopic (exact) mass is 402 g/mol. The molecule has 4 N–H and O–H groups in total. The number of aromatic amines is 1. The fourth-order valence-electron chi connectivity index (χ4n) is 3.83. The van der Waals surface area contributed by atoms with Crippen molar-refractivity contribution in [2.45, 2.75) is 25.0 Å². The van der Waals surface area contributed by atoms with Gasteiger partial charge in [-0.05, 0) is 42.7 Å². The van der Waals surface area contributed by atoms with Gasteiger partial charge in [0.15, 0.2) is 11.5 Å². The largest absolute Gasteiger partial charge is 0.371 e. The maximum Gasteiger partial charge on any atom is 0.231 e. The fraction of sp³-hybridized carbons (Fsp3) is 0.333. The molecule has 9 heteroatoms. The molecule has 1 saturated heterocycles. The summed E-state index contributed by atoms with van der Waals surface area (Å²) in [6.45, 7) is 2.39. The van der Waals surface area contributed by atoms with Crippen LogP contribution in [0.4, 0.5) is 17.5 Å². The average molecular weight is 402 g/mol. The van der Waals surface area contributed by atoms with Gasteiger partial charge in [0.25, 0.3) is 0 Å². The molecule has 1 atom stereocenters. The van der Waals surface area contributed by atoms with Gasteiger partial charge in [-0.15, -0.1) is 0 Å². The van der Waals surface area contributed by atoms with Gasteiger partial charge < -0.3 is 25.7 Å². The highest BCUT2D eigenvalue weighted by atomic mass is 16.5. The minimum Gasteiger partial charge on any atom is -0.371 e. The molecular formula is C21H22N8O. The summed E-state index contributed by atoms with van der Waals surface area (Å²) in [5, 5.41) is 11.3. The Labute approximate surface area is 172 Å². The van der Waals surface area contributed by atoms with E-state index in [0.717, 1.165) is 59.4 Å². The number of H-pyrrole nitrogens is 1. The molecule has 1 saturated carbocycles. The van der Waals surface area contributed by atoms with Crippen LogP contribution in [0.5, 0.6) is 0 Å². The van der Waals surface area contributed by atoms with Gasteiger partial charge in [0, 0.05) is 36.4 Å². The number of ether oxygens (including phenoxy) is 1. The van der Waals surface area contributed by atoms with Crippen molar-refractivity contribution in [3.8, 4) is 0 Å². The summed E-state index contributed by atoms with van der Waals surface area (Å²) in [4.78, 5) is 21.2. The number of imidazole rings is 1. The first-order chi connectivity index (χ1) is 14.8. The lowest BCUT2D eigenvalue weighted by atomic mass is 10.0. The number of fused-ring (bicyclic) bond motifs is 2. The number of aromatic nitrogens is 5. The molecule has 1 unspecified atom stereocenters. The second kappa shape index (κ2) is 7.19. The van der Waals surface area contributed by atoms with Crippen LogP contribution in [0.25, 0.3) is 22.1 Å². The zero-order chi connectivity index (χ0) is 19.9. The van der Waals surface area contributed by atoms with Crippen LogP contribution in [-0.2, 0) is 4.74 Å². The minimum absolute atomic E-state index is 0.0198. The molecule has 2 aliphatic rings. The Kier molecular flexibility index (Phi) is 4.21. The van der Waals surface area contributed by atoms with E-state index in [1.165, 1.54) is 0 Å². The van der Waals surface area contributed by atoms with E-state index in [-0.39, 0.29) is 6.10 Å². The highest BCUT2D eigenvalue weighted by Crippen LogP contribution is 2.31. The normalized spacial score (nSPS) is 19.3. The van der Waals surface area contributed by atoms with Crippen molar-refractivity contribution in [1.29, 1.82) is 0 Å². The molecule has 9 nitrogen and oxygen atoms in total. The van der Waals surface area contributed by atoms with Crippen LogP contribution in [0.1, 0.15) is 24.5 Å². The number of nitrogens with zero attached hydrogens (tertiary/aromatic N) is 4. The third-order valence-corrected chi connectivity index (χ3v) is 5.50. The Balaban J connectivity index is 1.36. The maximum atomic E-state index is 5.97. The lowest BCUT2D eigenvalue weighted by Crippen LogP contribution is -2.33. The van der Waals surface area contributed by atoms with Crippen molar-refractivity contribution >= 4 is 39.5 Å². The van der Waals surface area contributed by atoms with Gasteiger partial charge in [-0.3, -0.25) is 4.98 Å². The van der Waals surface area contributed by atoms with Gasteiger partial charge in [-0.1, -0.05) is 0 Å². The van der Waals surface area contributed by atoms with Crippen LogP contribution in [0.2, 0.25) is 0 Å². The number of nitrogens with one attached hydrogen (secondary N) is 4. The van der Waals surface area contributed by atoms with Gasteiger partial charge in [-0.2, -0.15) is 9.97 Å². The molecule has 3 aromatic heterocycles. The van der Waals surface area contributed by atoms with Gasteiger partial charge >= 0.3 is 0 Å². The molecule has 6 rings (SSSR count). The fourth-order valence-corrected chi connectivity index (χ4v) is 3.83. The summed E-state index contributed by atoms with van der Waals surface area (Å²) in [6, 6.07) is 8.60. The Morgan fingerprint density at radius 1 is 1.10 bits per heavy atom. The van der Waals surface area contributed by atoms with Crippen LogP contribution < -0.4 is 16.0 Å². The van der Waals surface area contributed by atoms with Crippen LogP contribution in [0, 0.1) is 0 Å². The predicted octanol–water partition coefficient (Wildman–Crippen LogP) is 2.88. The van der Waals surface area contributed by atoms with Crippen molar-refractivity contribution in [1.82, 2.24) is 30.2 Å². The average Bonchev–Trinajstić information content (AvgIpc) is 3.47. The number of hydrogen-bond acceptors (Lipinski definition) is 8. The van der Waals surface area contributed by atoms with Crippen LogP contribution in [0.15, 0.2) is 36.8 Å². The summed E-state index contributed by atoms with van der Waals surface area (Å²) < 4.78 is 5.97. The summed E-state index contributed by atoms with van der Waals surface area (Å²) in [7, 11) is 0. The van der Waals surface area contributed by atoms with E-state index in [4.69, 9.17) is 4.74 Å². The van der Waals surface area contributed by atoms with E-state index < -0.39 is 0 Å². The van der Waals surface area contributed by atoms with E-state index >= 15 is 0 Å². The highest BCUT2D eigenvalue weighted by Gasteiger charge is 2.24. The molecular weight excluding hydrogens is 380 g/mol. The van der Waals surface area contributed by atoms with Crippen LogP contribution in [-0.4, -0.2) is 50.7 Å². The topological polar surface area (TPSA) is 113 Å². The summed E-state index contributed by atoms with van der Waals surface area (Å²) in [6.07, 6.45) is 5.84. The SMILES string of the molecule is c1cc(C2CNCCO2)c2cc(Nc3nc(NC4CC4)c4nc[nH]c4n3)ccc2n1. The molecule has 152 valence electrons. The molecule has 2 fully saturated rings. The number of benzene rings is 1. The Bertz CT molecular complexity index is 1210. The van der Waals surface area contributed by atoms with E-state index in [0.29, 0.717) is 24.2 Å².